The van der Waals surface area contributed by atoms with Crippen LogP contribution in [-0.2, 0) is 9.59 Å². The summed E-state index contributed by atoms with van der Waals surface area (Å²) in [4.78, 5) is 25.9. The minimum Gasteiger partial charge on any atom is -0.396 e. The summed E-state index contributed by atoms with van der Waals surface area (Å²) in [5.41, 5.74) is -0.0291. The fourth-order valence-corrected chi connectivity index (χ4v) is 2.68. The largest absolute Gasteiger partial charge is 0.396 e. The molecule has 21 heavy (non-hydrogen) atoms. The number of hydrogen-bond donors (Lipinski definition) is 2. The lowest BCUT2D eigenvalue weighted by atomic mass is 9.87. The third kappa shape index (κ3) is 6.04. The van der Waals surface area contributed by atoms with E-state index in [1.807, 2.05) is 0 Å². The first kappa shape index (κ1) is 18.0. The van der Waals surface area contributed by atoms with Gasteiger partial charge in [-0.2, -0.15) is 0 Å². The Morgan fingerprint density at radius 1 is 1.48 bits per heavy atom. The second-order valence-corrected chi connectivity index (χ2v) is 7.30. The van der Waals surface area contributed by atoms with Crippen LogP contribution in [0.25, 0.3) is 0 Å². The van der Waals surface area contributed by atoms with Gasteiger partial charge in [-0.15, -0.1) is 0 Å². The quantitative estimate of drug-likeness (QED) is 0.712. The maximum atomic E-state index is 12.2. The van der Waals surface area contributed by atoms with E-state index in [0.29, 0.717) is 25.4 Å². The van der Waals surface area contributed by atoms with Crippen molar-refractivity contribution in [2.75, 3.05) is 26.2 Å². The van der Waals surface area contributed by atoms with Gasteiger partial charge in [0.15, 0.2) is 0 Å². The summed E-state index contributed by atoms with van der Waals surface area (Å²) in [7, 11) is 0. The maximum Gasteiger partial charge on any atom is 0.225 e. The van der Waals surface area contributed by atoms with Gasteiger partial charge in [0.2, 0.25) is 11.8 Å². The molecule has 1 unspecified atom stereocenters. The van der Waals surface area contributed by atoms with Crippen molar-refractivity contribution in [2.45, 2.75) is 47.0 Å². The first-order valence-electron chi connectivity index (χ1n) is 7.91. The summed E-state index contributed by atoms with van der Waals surface area (Å²) in [6.07, 6.45) is 1.94. The Labute approximate surface area is 128 Å². The van der Waals surface area contributed by atoms with E-state index in [-0.39, 0.29) is 29.8 Å². The highest BCUT2D eigenvalue weighted by atomic mass is 16.3. The van der Waals surface area contributed by atoms with Crippen molar-refractivity contribution < 1.29 is 14.7 Å². The molecule has 1 aliphatic rings. The van der Waals surface area contributed by atoms with Gasteiger partial charge in [0.25, 0.3) is 0 Å². The molecule has 5 heteroatoms. The number of aliphatic hydroxyl groups is 1. The Morgan fingerprint density at radius 2 is 2.14 bits per heavy atom. The minimum atomic E-state index is -0.218. The Morgan fingerprint density at radius 3 is 2.71 bits per heavy atom. The van der Waals surface area contributed by atoms with Crippen molar-refractivity contribution in [2.24, 2.45) is 17.3 Å². The zero-order chi connectivity index (χ0) is 16.0. The molecule has 0 aromatic heterocycles. The number of likely N-dealkylation sites (tertiary alicyclic amines) is 1. The van der Waals surface area contributed by atoms with Crippen LogP contribution in [0.1, 0.15) is 47.0 Å². The number of aliphatic hydroxyl groups excluding tert-OH is 1. The van der Waals surface area contributed by atoms with Crippen LogP contribution in [0.2, 0.25) is 0 Å². The van der Waals surface area contributed by atoms with Gasteiger partial charge < -0.3 is 15.3 Å². The summed E-state index contributed by atoms with van der Waals surface area (Å²) < 4.78 is 0. The molecule has 1 aliphatic heterocycles. The minimum absolute atomic E-state index is 0.0216. The van der Waals surface area contributed by atoms with E-state index >= 15 is 0 Å². The summed E-state index contributed by atoms with van der Waals surface area (Å²) in [6.45, 7) is 10.3. The predicted molar refractivity (Wildman–Crippen MR) is 82.6 cm³/mol. The van der Waals surface area contributed by atoms with E-state index in [0.717, 1.165) is 19.4 Å². The van der Waals surface area contributed by atoms with Gasteiger partial charge >= 0.3 is 0 Å². The lowest BCUT2D eigenvalue weighted by Crippen LogP contribution is -2.39. The van der Waals surface area contributed by atoms with E-state index in [9.17, 15) is 9.59 Å². The lowest BCUT2D eigenvalue weighted by molar-refractivity contribution is -0.129. The molecule has 1 atom stereocenters. The van der Waals surface area contributed by atoms with Gasteiger partial charge in [-0.25, -0.2) is 0 Å². The number of carbonyl (C=O) groups excluding carboxylic acids is 2. The standard InChI is InChI=1S/C16H30N2O3/c1-12(2)9-18-10-13(8-14(18)20)15(21)17-11-16(3,4)6-5-7-19/h12-13,19H,5-11H2,1-4H3,(H,17,21). The van der Waals surface area contributed by atoms with Crippen molar-refractivity contribution in [3.8, 4) is 0 Å². The van der Waals surface area contributed by atoms with Crippen LogP contribution in [0.5, 0.6) is 0 Å². The highest BCUT2D eigenvalue weighted by Crippen LogP contribution is 2.22. The van der Waals surface area contributed by atoms with E-state index in [2.05, 4.69) is 33.0 Å². The number of amides is 2. The number of rotatable bonds is 8. The third-order valence-corrected chi connectivity index (χ3v) is 3.92. The second-order valence-electron chi connectivity index (χ2n) is 7.30. The molecule has 122 valence electrons. The van der Waals surface area contributed by atoms with Crippen molar-refractivity contribution in [3.05, 3.63) is 0 Å². The van der Waals surface area contributed by atoms with Crippen LogP contribution in [0.4, 0.5) is 0 Å². The fourth-order valence-electron chi connectivity index (χ4n) is 2.68. The van der Waals surface area contributed by atoms with Crippen LogP contribution in [0.15, 0.2) is 0 Å². The fraction of sp³-hybridized carbons (Fsp3) is 0.875. The molecule has 1 saturated heterocycles. The monoisotopic (exact) mass is 298 g/mol. The molecule has 0 aliphatic carbocycles. The van der Waals surface area contributed by atoms with Crippen molar-refractivity contribution in [1.82, 2.24) is 10.2 Å². The highest BCUT2D eigenvalue weighted by Gasteiger charge is 2.34. The van der Waals surface area contributed by atoms with Gasteiger partial charge in [-0.3, -0.25) is 9.59 Å². The van der Waals surface area contributed by atoms with Crippen LogP contribution < -0.4 is 5.32 Å². The van der Waals surface area contributed by atoms with E-state index in [4.69, 9.17) is 5.11 Å². The predicted octanol–water partition coefficient (Wildman–Crippen LogP) is 1.41. The topological polar surface area (TPSA) is 69.6 Å². The van der Waals surface area contributed by atoms with Crippen molar-refractivity contribution >= 4 is 11.8 Å². The number of carbonyl (C=O) groups is 2. The van der Waals surface area contributed by atoms with E-state index in [1.54, 1.807) is 4.90 Å². The van der Waals surface area contributed by atoms with E-state index in [1.165, 1.54) is 0 Å². The third-order valence-electron chi connectivity index (χ3n) is 3.92. The van der Waals surface area contributed by atoms with Crippen LogP contribution in [0, 0.1) is 17.3 Å². The molecular formula is C16H30N2O3. The molecule has 0 aromatic carbocycles. The average molecular weight is 298 g/mol. The lowest BCUT2D eigenvalue weighted by Gasteiger charge is -2.25. The summed E-state index contributed by atoms with van der Waals surface area (Å²) in [6, 6.07) is 0. The van der Waals surface area contributed by atoms with Crippen LogP contribution in [-0.4, -0.2) is 48.1 Å². The molecule has 0 bridgehead atoms. The number of nitrogens with one attached hydrogen (secondary N) is 1. The van der Waals surface area contributed by atoms with Gasteiger partial charge in [0, 0.05) is 32.7 Å². The molecule has 1 heterocycles. The SMILES string of the molecule is CC(C)CN1CC(C(=O)NCC(C)(C)CCCO)CC1=O. The Bertz CT molecular complexity index is 367. The van der Waals surface area contributed by atoms with Crippen molar-refractivity contribution in [3.63, 3.8) is 0 Å². The number of nitrogens with zero attached hydrogens (tertiary/aromatic N) is 1. The average Bonchev–Trinajstić information content (AvgIpc) is 2.75. The zero-order valence-electron chi connectivity index (χ0n) is 13.8. The highest BCUT2D eigenvalue weighted by molar-refractivity contribution is 5.89. The maximum absolute atomic E-state index is 12.2. The first-order valence-corrected chi connectivity index (χ1v) is 7.91. The van der Waals surface area contributed by atoms with Gasteiger partial charge in [0.05, 0.1) is 5.92 Å². The number of hydrogen-bond acceptors (Lipinski definition) is 3. The molecule has 0 saturated carbocycles. The Kier molecular flexibility index (Phi) is 6.65. The zero-order valence-corrected chi connectivity index (χ0v) is 13.8. The normalized spacial score (nSPS) is 19.4. The molecule has 0 radical (unpaired) electrons. The first-order chi connectivity index (χ1) is 9.75. The second kappa shape index (κ2) is 7.78. The van der Waals surface area contributed by atoms with Crippen LogP contribution in [0.3, 0.4) is 0 Å². The summed E-state index contributed by atoms with van der Waals surface area (Å²) in [5, 5.41) is 11.8. The molecule has 2 N–H and O–H groups in total. The molecule has 2 amide bonds. The van der Waals surface area contributed by atoms with Gasteiger partial charge in [0.1, 0.15) is 0 Å². The Balaban J connectivity index is 2.41. The van der Waals surface area contributed by atoms with E-state index < -0.39 is 0 Å². The van der Waals surface area contributed by atoms with Crippen molar-refractivity contribution in [1.29, 1.82) is 0 Å². The molecule has 5 nitrogen and oxygen atoms in total. The molecule has 0 aromatic rings. The summed E-state index contributed by atoms with van der Waals surface area (Å²) in [5.74, 6) is 0.271. The smallest absolute Gasteiger partial charge is 0.225 e. The molecular weight excluding hydrogens is 268 g/mol. The van der Waals surface area contributed by atoms with Gasteiger partial charge in [-0.05, 0) is 24.2 Å². The Hall–Kier alpha value is -1.10. The van der Waals surface area contributed by atoms with Gasteiger partial charge in [-0.1, -0.05) is 27.7 Å². The summed E-state index contributed by atoms with van der Waals surface area (Å²) >= 11 is 0. The molecule has 1 rings (SSSR count). The molecule has 0 spiro atoms. The van der Waals surface area contributed by atoms with Crippen LogP contribution >= 0.6 is 0 Å². The molecule has 1 fully saturated rings.